The SMILES string of the molecule is COCCn1c(SCC(=O)Nc2cc(C)nn2-c2ccc(C)cc2)nnc1-c1cccc(C)c1. The standard InChI is InChI=1S/C25H28N6O2S/c1-17-8-10-21(11-9-17)31-22(15-19(3)29-31)26-23(32)16-34-25-28-27-24(30(25)12-13-33-4)20-7-5-6-18(2)14-20/h5-11,14-15H,12-13,16H2,1-4H3,(H,26,32). The minimum absolute atomic E-state index is 0.142. The zero-order valence-corrected chi connectivity index (χ0v) is 20.6. The van der Waals surface area contributed by atoms with Gasteiger partial charge in [0.2, 0.25) is 5.91 Å². The number of amides is 1. The fourth-order valence-corrected chi connectivity index (χ4v) is 4.32. The van der Waals surface area contributed by atoms with Gasteiger partial charge in [-0.3, -0.25) is 9.36 Å². The van der Waals surface area contributed by atoms with E-state index in [-0.39, 0.29) is 11.7 Å². The van der Waals surface area contributed by atoms with Crippen molar-refractivity contribution in [1.82, 2.24) is 24.5 Å². The summed E-state index contributed by atoms with van der Waals surface area (Å²) in [4.78, 5) is 12.8. The van der Waals surface area contributed by atoms with Crippen molar-refractivity contribution in [3.8, 4) is 17.1 Å². The first-order chi connectivity index (χ1) is 16.4. The van der Waals surface area contributed by atoms with Crippen LogP contribution in [0.4, 0.5) is 5.82 Å². The molecule has 0 bridgehead atoms. The fraction of sp³-hybridized carbons (Fsp3) is 0.280. The van der Waals surface area contributed by atoms with Crippen LogP contribution < -0.4 is 5.32 Å². The summed E-state index contributed by atoms with van der Waals surface area (Å²) in [5, 5.41) is 16.9. The van der Waals surface area contributed by atoms with E-state index >= 15 is 0 Å². The topological polar surface area (TPSA) is 86.9 Å². The summed E-state index contributed by atoms with van der Waals surface area (Å²) in [5.74, 6) is 1.44. The van der Waals surface area contributed by atoms with Crippen molar-refractivity contribution in [2.24, 2.45) is 0 Å². The first-order valence-electron chi connectivity index (χ1n) is 11.0. The number of hydrogen-bond donors (Lipinski definition) is 1. The molecule has 0 aliphatic heterocycles. The molecule has 0 aliphatic carbocycles. The van der Waals surface area contributed by atoms with Gasteiger partial charge < -0.3 is 10.1 Å². The highest BCUT2D eigenvalue weighted by atomic mass is 32.2. The third-order valence-corrected chi connectivity index (χ3v) is 6.19. The lowest BCUT2D eigenvalue weighted by molar-refractivity contribution is -0.113. The van der Waals surface area contributed by atoms with E-state index in [2.05, 4.69) is 26.7 Å². The number of methoxy groups -OCH3 is 1. The van der Waals surface area contributed by atoms with Crippen molar-refractivity contribution in [3.05, 3.63) is 71.4 Å². The van der Waals surface area contributed by atoms with Crippen molar-refractivity contribution in [1.29, 1.82) is 0 Å². The molecular formula is C25H28N6O2S. The predicted molar refractivity (Wildman–Crippen MR) is 134 cm³/mol. The molecule has 8 nitrogen and oxygen atoms in total. The number of anilines is 1. The van der Waals surface area contributed by atoms with Gasteiger partial charge in [0.1, 0.15) is 5.82 Å². The minimum atomic E-state index is -0.142. The Balaban J connectivity index is 1.49. The largest absolute Gasteiger partial charge is 0.383 e. The van der Waals surface area contributed by atoms with Crippen molar-refractivity contribution in [3.63, 3.8) is 0 Å². The summed E-state index contributed by atoms with van der Waals surface area (Å²) < 4.78 is 9.02. The van der Waals surface area contributed by atoms with Crippen LogP contribution in [0.25, 0.3) is 17.1 Å². The first kappa shape index (κ1) is 23.7. The van der Waals surface area contributed by atoms with E-state index in [1.807, 2.05) is 73.9 Å². The van der Waals surface area contributed by atoms with E-state index in [4.69, 9.17) is 4.74 Å². The Morgan fingerprint density at radius 2 is 1.82 bits per heavy atom. The average molecular weight is 477 g/mol. The van der Waals surface area contributed by atoms with Gasteiger partial charge in [-0.2, -0.15) is 5.10 Å². The third-order valence-electron chi connectivity index (χ3n) is 5.22. The predicted octanol–water partition coefficient (Wildman–Crippen LogP) is 4.43. The molecule has 0 aliphatic rings. The normalized spacial score (nSPS) is 11.1. The lowest BCUT2D eigenvalue weighted by atomic mass is 10.1. The molecule has 4 aromatic rings. The van der Waals surface area contributed by atoms with E-state index in [9.17, 15) is 4.79 Å². The van der Waals surface area contributed by atoms with Crippen LogP contribution in [0.5, 0.6) is 0 Å². The Morgan fingerprint density at radius 1 is 1.03 bits per heavy atom. The molecule has 34 heavy (non-hydrogen) atoms. The Morgan fingerprint density at radius 3 is 2.56 bits per heavy atom. The highest BCUT2D eigenvalue weighted by molar-refractivity contribution is 7.99. The Labute approximate surface area is 203 Å². The maximum Gasteiger partial charge on any atom is 0.236 e. The van der Waals surface area contributed by atoms with Gasteiger partial charge in [0, 0.05) is 18.7 Å². The molecule has 2 aromatic carbocycles. The van der Waals surface area contributed by atoms with Crippen LogP contribution in [-0.2, 0) is 16.1 Å². The summed E-state index contributed by atoms with van der Waals surface area (Å²) in [5.41, 5.74) is 5.01. The number of aromatic nitrogens is 5. The molecule has 1 N–H and O–H groups in total. The summed E-state index contributed by atoms with van der Waals surface area (Å²) >= 11 is 1.35. The van der Waals surface area contributed by atoms with Gasteiger partial charge in [-0.1, -0.05) is 53.2 Å². The van der Waals surface area contributed by atoms with E-state index in [1.165, 1.54) is 11.8 Å². The molecule has 176 valence electrons. The molecule has 0 saturated carbocycles. The molecule has 4 rings (SSSR count). The number of nitrogens with one attached hydrogen (secondary N) is 1. The molecular weight excluding hydrogens is 448 g/mol. The van der Waals surface area contributed by atoms with Gasteiger partial charge in [-0.05, 0) is 39.0 Å². The van der Waals surface area contributed by atoms with Crippen molar-refractivity contribution >= 4 is 23.5 Å². The van der Waals surface area contributed by atoms with Crippen LogP contribution >= 0.6 is 11.8 Å². The Hall–Kier alpha value is -3.43. The molecule has 0 atom stereocenters. The highest BCUT2D eigenvalue weighted by Crippen LogP contribution is 2.25. The van der Waals surface area contributed by atoms with Gasteiger partial charge in [0.05, 0.1) is 30.3 Å². The zero-order chi connectivity index (χ0) is 24.1. The summed E-state index contributed by atoms with van der Waals surface area (Å²) in [6.07, 6.45) is 0. The third kappa shape index (κ3) is 5.55. The van der Waals surface area contributed by atoms with E-state index in [0.29, 0.717) is 24.1 Å². The number of carbonyl (C=O) groups is 1. The van der Waals surface area contributed by atoms with Gasteiger partial charge in [0.15, 0.2) is 11.0 Å². The Bertz CT molecular complexity index is 1280. The number of ether oxygens (including phenoxy) is 1. The monoisotopic (exact) mass is 476 g/mol. The van der Waals surface area contributed by atoms with Crippen LogP contribution in [0.1, 0.15) is 16.8 Å². The molecule has 2 heterocycles. The van der Waals surface area contributed by atoms with E-state index < -0.39 is 0 Å². The van der Waals surface area contributed by atoms with Gasteiger partial charge in [-0.15, -0.1) is 10.2 Å². The first-order valence-corrected chi connectivity index (χ1v) is 12.0. The maximum absolute atomic E-state index is 12.8. The number of hydrogen-bond acceptors (Lipinski definition) is 6. The van der Waals surface area contributed by atoms with Crippen molar-refractivity contribution < 1.29 is 9.53 Å². The maximum atomic E-state index is 12.8. The zero-order valence-electron chi connectivity index (χ0n) is 19.8. The van der Waals surface area contributed by atoms with Gasteiger partial charge >= 0.3 is 0 Å². The summed E-state index contributed by atoms with van der Waals surface area (Å²) in [7, 11) is 1.66. The number of thioether (sulfide) groups is 1. The van der Waals surface area contributed by atoms with Gasteiger partial charge in [-0.25, -0.2) is 4.68 Å². The molecule has 0 spiro atoms. The van der Waals surface area contributed by atoms with E-state index in [1.54, 1.807) is 11.8 Å². The number of benzene rings is 2. The number of rotatable bonds is 9. The lowest BCUT2D eigenvalue weighted by Gasteiger charge is -2.11. The van der Waals surface area contributed by atoms with Crippen LogP contribution in [-0.4, -0.2) is 49.9 Å². The fourth-order valence-electron chi connectivity index (χ4n) is 3.56. The molecule has 0 radical (unpaired) electrons. The second-order valence-electron chi connectivity index (χ2n) is 8.08. The average Bonchev–Trinajstić information content (AvgIpc) is 3.39. The summed E-state index contributed by atoms with van der Waals surface area (Å²) in [6.45, 7) is 7.10. The highest BCUT2D eigenvalue weighted by Gasteiger charge is 2.17. The minimum Gasteiger partial charge on any atom is -0.383 e. The van der Waals surface area contributed by atoms with Crippen LogP contribution in [0.15, 0.2) is 59.8 Å². The van der Waals surface area contributed by atoms with Crippen LogP contribution in [0.2, 0.25) is 0 Å². The molecule has 9 heteroatoms. The molecule has 1 amide bonds. The molecule has 0 unspecified atom stereocenters. The van der Waals surface area contributed by atoms with Gasteiger partial charge in [0.25, 0.3) is 0 Å². The number of carbonyl (C=O) groups excluding carboxylic acids is 1. The second kappa shape index (κ2) is 10.7. The molecule has 2 aromatic heterocycles. The lowest BCUT2D eigenvalue weighted by Crippen LogP contribution is -2.17. The van der Waals surface area contributed by atoms with Crippen molar-refractivity contribution in [2.75, 3.05) is 24.8 Å². The molecule has 0 saturated heterocycles. The van der Waals surface area contributed by atoms with E-state index in [0.717, 1.165) is 33.9 Å². The van der Waals surface area contributed by atoms with Crippen LogP contribution in [0, 0.1) is 20.8 Å². The van der Waals surface area contributed by atoms with Crippen LogP contribution in [0.3, 0.4) is 0 Å². The van der Waals surface area contributed by atoms with Crippen molar-refractivity contribution in [2.45, 2.75) is 32.5 Å². The molecule has 0 fully saturated rings. The quantitative estimate of drug-likeness (QED) is 0.360. The Kier molecular flexibility index (Phi) is 7.44. The smallest absolute Gasteiger partial charge is 0.236 e. The second-order valence-corrected chi connectivity index (χ2v) is 9.02. The number of aryl methyl sites for hydroxylation is 3. The summed E-state index contributed by atoms with van der Waals surface area (Å²) in [6, 6.07) is 18.0. The number of nitrogens with zero attached hydrogens (tertiary/aromatic N) is 5.